The van der Waals surface area contributed by atoms with Gasteiger partial charge in [0.25, 0.3) is 5.91 Å². The van der Waals surface area contributed by atoms with Crippen LogP contribution in [0.15, 0.2) is 46.9 Å². The topological polar surface area (TPSA) is 65.5 Å². The van der Waals surface area contributed by atoms with Gasteiger partial charge in [0.2, 0.25) is 5.91 Å². The van der Waals surface area contributed by atoms with Crippen LogP contribution in [-0.2, 0) is 14.3 Å². The standard InChI is InChI=1S/C27H33FN4O3S/c28-22-9-4-3-8-21(22)23-18-24(25-10-5-17-36-25)32(29-23)26(33)19-31(27(34)20-6-1-2-7-20)12-11-30-13-15-35-16-14-30/h3-5,8-10,17,20,24H,1-2,6-7,11-16,18-19H2/t24-/m0/s1. The van der Waals surface area contributed by atoms with Crippen LogP contribution in [-0.4, -0.2) is 78.3 Å². The highest BCUT2D eigenvalue weighted by Gasteiger charge is 2.36. The van der Waals surface area contributed by atoms with Crippen LogP contribution >= 0.6 is 11.3 Å². The largest absolute Gasteiger partial charge is 0.379 e. The number of hydrogen-bond donors (Lipinski definition) is 0. The summed E-state index contributed by atoms with van der Waals surface area (Å²) >= 11 is 1.56. The maximum absolute atomic E-state index is 14.6. The third-order valence-corrected chi connectivity index (χ3v) is 8.33. The van der Waals surface area contributed by atoms with E-state index in [1.807, 2.05) is 17.5 Å². The van der Waals surface area contributed by atoms with E-state index in [9.17, 15) is 14.0 Å². The van der Waals surface area contributed by atoms with Crippen LogP contribution in [0.5, 0.6) is 0 Å². The Morgan fingerprint density at radius 3 is 2.61 bits per heavy atom. The molecule has 3 aliphatic rings. The van der Waals surface area contributed by atoms with E-state index in [2.05, 4.69) is 10.0 Å². The maximum atomic E-state index is 14.6. The molecule has 3 heterocycles. The summed E-state index contributed by atoms with van der Waals surface area (Å²) in [5.74, 6) is -0.516. The van der Waals surface area contributed by atoms with Crippen LogP contribution in [0.4, 0.5) is 4.39 Å². The average Bonchev–Trinajstić information content (AvgIpc) is 3.68. The number of morpholine rings is 1. The zero-order chi connectivity index (χ0) is 24.9. The minimum Gasteiger partial charge on any atom is -0.379 e. The number of carbonyl (C=O) groups is 2. The third-order valence-electron chi connectivity index (χ3n) is 7.35. The Balaban J connectivity index is 1.35. The molecule has 0 spiro atoms. The number of halogens is 1. The maximum Gasteiger partial charge on any atom is 0.262 e. The second-order valence-electron chi connectivity index (χ2n) is 9.70. The molecule has 1 aromatic carbocycles. The lowest BCUT2D eigenvalue weighted by molar-refractivity contribution is -0.144. The molecule has 5 rings (SSSR count). The molecule has 2 aromatic rings. The molecule has 2 fully saturated rings. The fourth-order valence-electron chi connectivity index (χ4n) is 5.32. The number of ether oxygens (including phenoxy) is 1. The Kier molecular flexibility index (Phi) is 8.09. The summed E-state index contributed by atoms with van der Waals surface area (Å²) in [5, 5.41) is 8.07. The van der Waals surface area contributed by atoms with Crippen molar-refractivity contribution in [1.29, 1.82) is 0 Å². The number of thiophene rings is 1. The molecule has 9 heteroatoms. The summed E-state index contributed by atoms with van der Waals surface area (Å²) in [5.41, 5.74) is 0.974. The zero-order valence-electron chi connectivity index (χ0n) is 20.5. The van der Waals surface area contributed by atoms with Crippen molar-refractivity contribution >= 4 is 28.9 Å². The van der Waals surface area contributed by atoms with Crippen molar-refractivity contribution in [3.8, 4) is 0 Å². The van der Waals surface area contributed by atoms with Gasteiger partial charge in [0.15, 0.2) is 0 Å². The van der Waals surface area contributed by atoms with Gasteiger partial charge in [0.1, 0.15) is 12.4 Å². The predicted octanol–water partition coefficient (Wildman–Crippen LogP) is 3.92. The molecule has 0 bridgehead atoms. The lowest BCUT2D eigenvalue weighted by Crippen LogP contribution is -2.47. The highest BCUT2D eigenvalue weighted by molar-refractivity contribution is 7.10. The van der Waals surface area contributed by atoms with E-state index in [1.165, 1.54) is 11.1 Å². The lowest BCUT2D eigenvalue weighted by atomic mass is 10.0. The highest BCUT2D eigenvalue weighted by atomic mass is 32.1. The summed E-state index contributed by atoms with van der Waals surface area (Å²) in [6.07, 6.45) is 4.34. The average molecular weight is 513 g/mol. The second-order valence-corrected chi connectivity index (χ2v) is 10.7. The van der Waals surface area contributed by atoms with Crippen molar-refractivity contribution < 1.29 is 18.7 Å². The number of rotatable bonds is 8. The summed E-state index contributed by atoms with van der Waals surface area (Å²) < 4.78 is 20.0. The minimum atomic E-state index is -0.348. The Morgan fingerprint density at radius 2 is 1.89 bits per heavy atom. The molecule has 36 heavy (non-hydrogen) atoms. The van der Waals surface area contributed by atoms with Gasteiger partial charge in [-0.3, -0.25) is 14.5 Å². The molecule has 1 aromatic heterocycles. The minimum absolute atomic E-state index is 0.00774. The summed E-state index contributed by atoms with van der Waals surface area (Å²) in [7, 11) is 0. The van der Waals surface area contributed by atoms with Crippen LogP contribution in [0.25, 0.3) is 0 Å². The third kappa shape index (κ3) is 5.68. The molecule has 7 nitrogen and oxygen atoms in total. The number of hydrazone groups is 1. The fraction of sp³-hybridized carbons (Fsp3) is 0.519. The van der Waals surface area contributed by atoms with Gasteiger partial charge in [-0.05, 0) is 30.4 Å². The molecular formula is C27H33FN4O3S. The van der Waals surface area contributed by atoms with E-state index >= 15 is 0 Å². The molecule has 1 saturated heterocycles. The van der Waals surface area contributed by atoms with Gasteiger partial charge in [-0.25, -0.2) is 9.40 Å². The number of benzene rings is 1. The molecule has 0 unspecified atom stereocenters. The van der Waals surface area contributed by atoms with Crippen LogP contribution in [0.3, 0.4) is 0 Å². The smallest absolute Gasteiger partial charge is 0.262 e. The monoisotopic (exact) mass is 512 g/mol. The summed E-state index contributed by atoms with van der Waals surface area (Å²) in [6, 6.07) is 10.2. The highest BCUT2D eigenvalue weighted by Crippen LogP contribution is 2.36. The number of carbonyl (C=O) groups excluding carboxylic acids is 2. The van der Waals surface area contributed by atoms with E-state index in [4.69, 9.17) is 4.74 Å². The van der Waals surface area contributed by atoms with Crippen molar-refractivity contribution in [3.63, 3.8) is 0 Å². The molecule has 0 radical (unpaired) electrons. The quantitative estimate of drug-likeness (QED) is 0.538. The van der Waals surface area contributed by atoms with Gasteiger partial charge < -0.3 is 9.64 Å². The Bertz CT molecular complexity index is 1080. The number of amides is 2. The van der Waals surface area contributed by atoms with Gasteiger partial charge >= 0.3 is 0 Å². The molecular weight excluding hydrogens is 479 g/mol. The Hall–Kier alpha value is -2.62. The van der Waals surface area contributed by atoms with E-state index in [1.54, 1.807) is 34.4 Å². The first-order chi connectivity index (χ1) is 17.6. The predicted molar refractivity (Wildman–Crippen MR) is 137 cm³/mol. The SMILES string of the molecule is O=C(C1CCCC1)N(CCN1CCOCC1)CC(=O)N1N=C(c2ccccc2F)C[C@H]1c1cccs1. The Labute approximate surface area is 215 Å². The van der Waals surface area contributed by atoms with Crippen molar-refractivity contribution in [3.05, 3.63) is 58.0 Å². The van der Waals surface area contributed by atoms with Crippen LogP contribution < -0.4 is 0 Å². The summed E-state index contributed by atoms with van der Waals surface area (Å²) in [6.45, 7) is 4.26. The van der Waals surface area contributed by atoms with Crippen molar-refractivity contribution in [1.82, 2.24) is 14.8 Å². The molecule has 2 aliphatic heterocycles. The van der Waals surface area contributed by atoms with Gasteiger partial charge in [0, 0.05) is 49.0 Å². The van der Waals surface area contributed by atoms with Crippen molar-refractivity contribution in [2.75, 3.05) is 45.9 Å². The van der Waals surface area contributed by atoms with Crippen LogP contribution in [0.1, 0.15) is 48.6 Å². The van der Waals surface area contributed by atoms with Gasteiger partial charge in [-0.2, -0.15) is 5.10 Å². The molecule has 1 aliphatic carbocycles. The normalized spacial score (nSPS) is 21.1. The first-order valence-electron chi connectivity index (χ1n) is 12.9. The number of nitrogens with zero attached hydrogens (tertiary/aromatic N) is 4. The van der Waals surface area contributed by atoms with Crippen LogP contribution in [0.2, 0.25) is 0 Å². The second kappa shape index (κ2) is 11.6. The van der Waals surface area contributed by atoms with Crippen molar-refractivity contribution in [2.24, 2.45) is 11.0 Å². The first kappa shape index (κ1) is 25.0. The van der Waals surface area contributed by atoms with Gasteiger partial charge in [-0.15, -0.1) is 11.3 Å². The number of hydrogen-bond acceptors (Lipinski definition) is 6. The lowest BCUT2D eigenvalue weighted by Gasteiger charge is -2.32. The van der Waals surface area contributed by atoms with E-state index in [-0.39, 0.29) is 36.1 Å². The van der Waals surface area contributed by atoms with E-state index < -0.39 is 0 Å². The molecule has 0 N–H and O–H groups in total. The first-order valence-corrected chi connectivity index (χ1v) is 13.7. The van der Waals surface area contributed by atoms with Gasteiger partial charge in [-0.1, -0.05) is 37.1 Å². The molecule has 2 amide bonds. The molecule has 1 atom stereocenters. The van der Waals surface area contributed by atoms with Crippen molar-refractivity contribution in [2.45, 2.75) is 38.1 Å². The summed E-state index contributed by atoms with van der Waals surface area (Å²) in [4.78, 5) is 32.1. The van der Waals surface area contributed by atoms with Crippen LogP contribution in [0, 0.1) is 11.7 Å². The van der Waals surface area contributed by atoms with E-state index in [0.717, 1.165) is 43.6 Å². The van der Waals surface area contributed by atoms with Gasteiger partial charge in [0.05, 0.1) is 25.0 Å². The molecule has 1 saturated carbocycles. The Morgan fingerprint density at radius 1 is 1.11 bits per heavy atom. The van der Waals surface area contributed by atoms with E-state index in [0.29, 0.717) is 44.0 Å². The fourth-order valence-corrected chi connectivity index (χ4v) is 6.13. The zero-order valence-corrected chi connectivity index (χ0v) is 21.3. The molecule has 192 valence electrons.